The molecule has 4 nitrogen and oxygen atoms in total. The number of ether oxygens (including phenoxy) is 1. The molecule has 102 valence electrons. The van der Waals surface area contributed by atoms with Crippen molar-refractivity contribution < 1.29 is 9.53 Å². The molecule has 2 aliphatic rings. The quantitative estimate of drug-likeness (QED) is 0.874. The average Bonchev–Trinajstić information content (AvgIpc) is 2.76. The average molecular weight is 260 g/mol. The maximum atomic E-state index is 12.7. The second kappa shape index (κ2) is 4.32. The van der Waals surface area contributed by atoms with Crippen molar-refractivity contribution >= 4 is 11.6 Å². The van der Waals surface area contributed by atoms with Crippen LogP contribution in [0.15, 0.2) is 18.2 Å². The summed E-state index contributed by atoms with van der Waals surface area (Å²) in [6.45, 7) is 2.82. The van der Waals surface area contributed by atoms with E-state index in [0.717, 1.165) is 18.7 Å². The van der Waals surface area contributed by atoms with Gasteiger partial charge in [-0.25, -0.2) is 0 Å². The Kier molecular flexibility index (Phi) is 2.87. The van der Waals surface area contributed by atoms with Gasteiger partial charge in [-0.05, 0) is 25.0 Å². The van der Waals surface area contributed by atoms with Crippen molar-refractivity contribution in [3.05, 3.63) is 29.3 Å². The van der Waals surface area contributed by atoms with Gasteiger partial charge in [0.15, 0.2) is 0 Å². The molecule has 0 unspecified atom stereocenters. The molecule has 1 aromatic rings. The van der Waals surface area contributed by atoms with Crippen molar-refractivity contribution in [3.63, 3.8) is 0 Å². The van der Waals surface area contributed by atoms with Crippen molar-refractivity contribution in [3.8, 4) is 0 Å². The van der Waals surface area contributed by atoms with Crippen molar-refractivity contribution in [2.45, 2.75) is 37.8 Å². The van der Waals surface area contributed by atoms with Crippen molar-refractivity contribution in [2.75, 3.05) is 18.6 Å². The molecule has 0 saturated heterocycles. The van der Waals surface area contributed by atoms with E-state index in [2.05, 4.69) is 19.1 Å². The lowest BCUT2D eigenvalue weighted by Crippen LogP contribution is -2.62. The number of nitrogens with two attached hydrogens (primary N) is 1. The molecule has 0 radical (unpaired) electrons. The zero-order valence-corrected chi connectivity index (χ0v) is 11.5. The fourth-order valence-electron chi connectivity index (χ4n) is 3.20. The van der Waals surface area contributed by atoms with E-state index >= 15 is 0 Å². The van der Waals surface area contributed by atoms with Crippen molar-refractivity contribution in [1.82, 2.24) is 0 Å². The lowest BCUT2D eigenvalue weighted by atomic mass is 9.75. The van der Waals surface area contributed by atoms with Crippen LogP contribution in [0.1, 0.15) is 24.0 Å². The molecule has 1 aliphatic heterocycles. The summed E-state index contributed by atoms with van der Waals surface area (Å²) in [4.78, 5) is 14.6. The number of hydrogen-bond donors (Lipinski definition) is 1. The summed E-state index contributed by atoms with van der Waals surface area (Å²) in [7, 11) is 1.61. The highest BCUT2D eigenvalue weighted by molar-refractivity contribution is 6.02. The van der Waals surface area contributed by atoms with Crippen molar-refractivity contribution in [2.24, 2.45) is 5.73 Å². The number of carbonyl (C=O) groups excluding carboxylic acids is 1. The normalized spacial score (nSPS) is 29.0. The van der Waals surface area contributed by atoms with Gasteiger partial charge in [0.2, 0.25) is 0 Å². The Bertz CT molecular complexity index is 521. The molecule has 1 fully saturated rings. The highest BCUT2D eigenvalue weighted by Crippen LogP contribution is 2.39. The molecule has 0 spiro atoms. The molecule has 1 aromatic carbocycles. The number of rotatable bonds is 2. The van der Waals surface area contributed by atoms with Gasteiger partial charge in [0.1, 0.15) is 5.60 Å². The van der Waals surface area contributed by atoms with E-state index in [0.29, 0.717) is 12.8 Å². The largest absolute Gasteiger partial charge is 0.368 e. The molecular weight excluding hydrogens is 240 g/mol. The van der Waals surface area contributed by atoms with Gasteiger partial charge < -0.3 is 15.4 Å². The van der Waals surface area contributed by atoms with E-state index in [1.807, 2.05) is 11.0 Å². The number of methoxy groups -OCH3 is 1. The van der Waals surface area contributed by atoms with Crippen LogP contribution in [0.4, 0.5) is 5.69 Å². The zero-order chi connectivity index (χ0) is 13.6. The summed E-state index contributed by atoms with van der Waals surface area (Å²) >= 11 is 0. The monoisotopic (exact) mass is 260 g/mol. The molecular formula is C15H20N2O2. The number of anilines is 1. The molecule has 1 saturated carbocycles. The van der Waals surface area contributed by atoms with Crippen LogP contribution in [0, 0.1) is 6.92 Å². The van der Waals surface area contributed by atoms with Crippen molar-refractivity contribution in [1.29, 1.82) is 0 Å². The number of aryl methyl sites for hydroxylation is 1. The first-order chi connectivity index (χ1) is 9.05. The Morgan fingerprint density at radius 3 is 2.84 bits per heavy atom. The Morgan fingerprint density at radius 1 is 1.47 bits per heavy atom. The van der Waals surface area contributed by atoms with E-state index in [9.17, 15) is 4.79 Å². The van der Waals surface area contributed by atoms with Gasteiger partial charge in [-0.1, -0.05) is 17.7 Å². The first-order valence-electron chi connectivity index (χ1n) is 6.78. The number of amides is 1. The molecule has 19 heavy (non-hydrogen) atoms. The molecule has 4 heteroatoms. The van der Waals surface area contributed by atoms with Gasteiger partial charge in [0.05, 0.1) is 0 Å². The van der Waals surface area contributed by atoms with Gasteiger partial charge in [-0.2, -0.15) is 0 Å². The summed E-state index contributed by atoms with van der Waals surface area (Å²) in [5.41, 5.74) is 8.67. The van der Waals surface area contributed by atoms with Crippen LogP contribution < -0.4 is 10.6 Å². The Morgan fingerprint density at radius 2 is 2.21 bits per heavy atom. The van der Waals surface area contributed by atoms with Crippen LogP contribution in [0.25, 0.3) is 0 Å². The number of hydrogen-bond acceptors (Lipinski definition) is 3. The van der Waals surface area contributed by atoms with Gasteiger partial charge in [-0.15, -0.1) is 0 Å². The van der Waals surface area contributed by atoms with E-state index in [4.69, 9.17) is 10.5 Å². The van der Waals surface area contributed by atoms with Crippen LogP contribution >= 0.6 is 0 Å². The third kappa shape index (κ3) is 1.86. The molecule has 0 aromatic heterocycles. The number of carbonyl (C=O) groups is 1. The van der Waals surface area contributed by atoms with E-state index in [1.54, 1.807) is 7.11 Å². The summed E-state index contributed by atoms with van der Waals surface area (Å²) in [6, 6.07) is 6.34. The highest BCUT2D eigenvalue weighted by Gasteiger charge is 2.52. The standard InChI is InChI=1S/C15H20N2O2/c1-10-3-4-13-11(7-10)5-6-17(13)14(18)15(19-2)8-12(16)9-15/h3-4,7,12H,5-6,8-9,16H2,1-2H3. The fourth-order valence-corrected chi connectivity index (χ4v) is 3.20. The van der Waals surface area contributed by atoms with Gasteiger partial charge in [0.25, 0.3) is 5.91 Å². The second-order valence-electron chi connectivity index (χ2n) is 5.71. The maximum Gasteiger partial charge on any atom is 0.259 e. The molecule has 1 heterocycles. The molecule has 0 atom stereocenters. The topological polar surface area (TPSA) is 55.6 Å². The second-order valence-corrected chi connectivity index (χ2v) is 5.71. The summed E-state index contributed by atoms with van der Waals surface area (Å²) in [6.07, 6.45) is 2.18. The minimum absolute atomic E-state index is 0.0688. The summed E-state index contributed by atoms with van der Waals surface area (Å²) in [5.74, 6) is 0.0688. The van der Waals surface area contributed by atoms with Gasteiger partial charge in [-0.3, -0.25) is 4.79 Å². The van der Waals surface area contributed by atoms with Gasteiger partial charge >= 0.3 is 0 Å². The highest BCUT2D eigenvalue weighted by atomic mass is 16.5. The van der Waals surface area contributed by atoms with E-state index in [-0.39, 0.29) is 11.9 Å². The van der Waals surface area contributed by atoms with Gasteiger partial charge in [0, 0.05) is 38.2 Å². The zero-order valence-electron chi connectivity index (χ0n) is 11.5. The van der Waals surface area contributed by atoms with Crippen LogP contribution in [0.5, 0.6) is 0 Å². The molecule has 1 aliphatic carbocycles. The van der Waals surface area contributed by atoms with Crippen LogP contribution in [-0.2, 0) is 16.0 Å². The molecule has 1 amide bonds. The third-order valence-corrected chi connectivity index (χ3v) is 4.34. The number of fused-ring (bicyclic) bond motifs is 1. The predicted molar refractivity (Wildman–Crippen MR) is 74.2 cm³/mol. The molecule has 2 N–H and O–H groups in total. The summed E-state index contributed by atoms with van der Waals surface area (Å²) < 4.78 is 5.49. The Hall–Kier alpha value is -1.39. The number of benzene rings is 1. The third-order valence-electron chi connectivity index (χ3n) is 4.34. The first kappa shape index (κ1) is 12.6. The lowest BCUT2D eigenvalue weighted by molar-refractivity contribution is -0.153. The Balaban J connectivity index is 1.87. The first-order valence-corrected chi connectivity index (χ1v) is 6.78. The van der Waals surface area contributed by atoms with E-state index in [1.165, 1.54) is 11.1 Å². The SMILES string of the molecule is COC1(C(=O)N2CCc3cc(C)ccc32)CC(N)C1. The molecule has 0 bridgehead atoms. The minimum Gasteiger partial charge on any atom is -0.368 e. The fraction of sp³-hybridized carbons (Fsp3) is 0.533. The molecule has 3 rings (SSSR count). The van der Waals surface area contributed by atoms with E-state index < -0.39 is 5.60 Å². The lowest BCUT2D eigenvalue weighted by Gasteiger charge is -2.45. The van der Waals surface area contributed by atoms with Crippen LogP contribution in [-0.4, -0.2) is 31.2 Å². The minimum atomic E-state index is -0.689. The Labute approximate surface area is 113 Å². The van der Waals surface area contributed by atoms with Crippen LogP contribution in [0.2, 0.25) is 0 Å². The van der Waals surface area contributed by atoms with Crippen LogP contribution in [0.3, 0.4) is 0 Å². The predicted octanol–water partition coefficient (Wildman–Crippen LogP) is 1.39. The number of nitrogens with zero attached hydrogens (tertiary/aromatic N) is 1. The maximum absolute atomic E-state index is 12.7. The summed E-state index contributed by atoms with van der Waals surface area (Å²) in [5, 5.41) is 0. The smallest absolute Gasteiger partial charge is 0.259 e.